The number of methoxy groups -OCH3 is 1. The van der Waals surface area contributed by atoms with E-state index in [1.54, 1.807) is 36.5 Å². The van der Waals surface area contributed by atoms with E-state index >= 15 is 0 Å². The molecule has 2 rings (SSSR count). The van der Waals surface area contributed by atoms with Crippen molar-refractivity contribution in [3.8, 4) is 5.75 Å². The van der Waals surface area contributed by atoms with Crippen LogP contribution in [0.15, 0.2) is 41.0 Å². The van der Waals surface area contributed by atoms with Gasteiger partial charge in [-0.1, -0.05) is 27.5 Å². The van der Waals surface area contributed by atoms with Crippen LogP contribution in [0.2, 0.25) is 5.02 Å². The molecule has 1 aromatic carbocycles. The van der Waals surface area contributed by atoms with E-state index in [1.807, 2.05) is 0 Å². The van der Waals surface area contributed by atoms with E-state index in [-0.39, 0.29) is 5.91 Å². The van der Waals surface area contributed by atoms with E-state index < -0.39 is 0 Å². The summed E-state index contributed by atoms with van der Waals surface area (Å²) in [6.07, 6.45) is 1.57. The van der Waals surface area contributed by atoms with Crippen molar-refractivity contribution in [2.24, 2.45) is 0 Å². The molecule has 0 radical (unpaired) electrons. The molecule has 4 nitrogen and oxygen atoms in total. The maximum absolute atomic E-state index is 12.1. The average Bonchev–Trinajstić information content (AvgIpc) is 2.39. The first kappa shape index (κ1) is 13.8. The summed E-state index contributed by atoms with van der Waals surface area (Å²) in [5.41, 5.74) is 0.373. The highest BCUT2D eigenvalue weighted by Gasteiger charge is 2.13. The number of nitrogens with zero attached hydrogens (tertiary/aromatic N) is 1. The Hall–Kier alpha value is -1.59. The minimum absolute atomic E-state index is 0.338. The first-order valence-electron chi connectivity index (χ1n) is 5.37. The number of rotatable bonds is 3. The molecule has 98 valence electrons. The smallest absolute Gasteiger partial charge is 0.258 e. The van der Waals surface area contributed by atoms with Gasteiger partial charge in [-0.25, -0.2) is 4.98 Å². The van der Waals surface area contributed by atoms with E-state index in [9.17, 15) is 4.79 Å². The SMILES string of the molecule is COc1cccnc1NC(=O)c1ccc(Br)cc1Cl. The predicted molar refractivity (Wildman–Crippen MR) is 77.9 cm³/mol. The van der Waals surface area contributed by atoms with Crippen molar-refractivity contribution in [1.82, 2.24) is 4.98 Å². The van der Waals surface area contributed by atoms with E-state index in [2.05, 4.69) is 26.2 Å². The number of carbonyl (C=O) groups is 1. The molecule has 0 aliphatic rings. The summed E-state index contributed by atoms with van der Waals surface area (Å²) in [6.45, 7) is 0. The number of pyridine rings is 1. The van der Waals surface area contributed by atoms with Crippen LogP contribution in [0.1, 0.15) is 10.4 Å². The fraction of sp³-hybridized carbons (Fsp3) is 0.0769. The maximum atomic E-state index is 12.1. The molecule has 0 saturated heterocycles. The topological polar surface area (TPSA) is 51.2 Å². The molecule has 19 heavy (non-hydrogen) atoms. The Morgan fingerprint density at radius 2 is 2.21 bits per heavy atom. The number of benzene rings is 1. The number of nitrogens with one attached hydrogen (secondary N) is 1. The lowest BCUT2D eigenvalue weighted by Crippen LogP contribution is -2.14. The Balaban J connectivity index is 2.26. The zero-order valence-corrected chi connectivity index (χ0v) is 12.3. The third-order valence-corrected chi connectivity index (χ3v) is 3.20. The first-order valence-corrected chi connectivity index (χ1v) is 6.54. The number of amides is 1. The van der Waals surface area contributed by atoms with E-state index in [1.165, 1.54) is 7.11 Å². The van der Waals surface area contributed by atoms with Crippen LogP contribution >= 0.6 is 27.5 Å². The molecule has 1 heterocycles. The van der Waals surface area contributed by atoms with Gasteiger partial charge in [0.15, 0.2) is 11.6 Å². The molecule has 2 aromatic rings. The fourth-order valence-corrected chi connectivity index (χ4v) is 2.26. The second-order valence-electron chi connectivity index (χ2n) is 3.63. The van der Waals surface area contributed by atoms with Gasteiger partial charge in [0, 0.05) is 10.7 Å². The predicted octanol–water partition coefficient (Wildman–Crippen LogP) is 3.76. The molecule has 1 aromatic heterocycles. The standard InChI is InChI=1S/C13H10BrClN2O2/c1-19-11-3-2-6-16-12(11)17-13(18)9-5-4-8(14)7-10(9)15/h2-7H,1H3,(H,16,17,18). The van der Waals surface area contributed by atoms with Crippen LogP contribution in [-0.2, 0) is 0 Å². The summed E-state index contributed by atoms with van der Waals surface area (Å²) >= 11 is 9.31. The number of carbonyl (C=O) groups excluding carboxylic acids is 1. The van der Waals surface area contributed by atoms with Gasteiger partial charge >= 0.3 is 0 Å². The van der Waals surface area contributed by atoms with Crippen LogP contribution < -0.4 is 10.1 Å². The number of ether oxygens (including phenoxy) is 1. The third-order valence-electron chi connectivity index (χ3n) is 2.40. The van der Waals surface area contributed by atoms with E-state index in [4.69, 9.17) is 16.3 Å². The second kappa shape index (κ2) is 6.04. The van der Waals surface area contributed by atoms with Crippen molar-refractivity contribution >= 4 is 39.3 Å². The van der Waals surface area contributed by atoms with Gasteiger partial charge in [0.1, 0.15) is 0 Å². The van der Waals surface area contributed by atoms with Crippen molar-refractivity contribution in [3.63, 3.8) is 0 Å². The zero-order chi connectivity index (χ0) is 13.8. The van der Waals surface area contributed by atoms with E-state index in [0.717, 1.165) is 4.47 Å². The Labute approximate surface area is 123 Å². The lowest BCUT2D eigenvalue weighted by Gasteiger charge is -2.09. The first-order chi connectivity index (χ1) is 9.11. The van der Waals surface area contributed by atoms with Crippen molar-refractivity contribution in [2.45, 2.75) is 0 Å². The van der Waals surface area contributed by atoms with Crippen LogP contribution in [0.25, 0.3) is 0 Å². The number of hydrogen-bond acceptors (Lipinski definition) is 3. The Bertz CT molecular complexity index is 619. The van der Waals surface area contributed by atoms with Gasteiger partial charge in [0.2, 0.25) is 0 Å². The molecule has 1 amide bonds. The summed E-state index contributed by atoms with van der Waals surface area (Å²) in [6, 6.07) is 8.48. The van der Waals surface area contributed by atoms with Crippen LogP contribution in [-0.4, -0.2) is 18.0 Å². The van der Waals surface area contributed by atoms with Crippen molar-refractivity contribution in [2.75, 3.05) is 12.4 Å². The van der Waals surface area contributed by atoms with Crippen LogP contribution in [0.3, 0.4) is 0 Å². The fourth-order valence-electron chi connectivity index (χ4n) is 1.50. The molecule has 6 heteroatoms. The van der Waals surface area contributed by atoms with E-state index in [0.29, 0.717) is 22.2 Å². The molecular weight excluding hydrogens is 332 g/mol. The highest BCUT2D eigenvalue weighted by Crippen LogP contribution is 2.24. The Kier molecular flexibility index (Phi) is 4.39. The molecule has 0 aliphatic carbocycles. The van der Waals surface area contributed by atoms with Gasteiger partial charge in [-0.05, 0) is 30.3 Å². The summed E-state index contributed by atoms with van der Waals surface area (Å²) in [5, 5.41) is 3.03. The quantitative estimate of drug-likeness (QED) is 0.925. The second-order valence-corrected chi connectivity index (χ2v) is 4.96. The van der Waals surface area contributed by atoms with Crippen LogP contribution in [0.4, 0.5) is 5.82 Å². The summed E-state index contributed by atoms with van der Waals surface area (Å²) in [7, 11) is 1.51. The Morgan fingerprint density at radius 1 is 1.42 bits per heavy atom. The highest BCUT2D eigenvalue weighted by molar-refractivity contribution is 9.10. The maximum Gasteiger partial charge on any atom is 0.258 e. The lowest BCUT2D eigenvalue weighted by atomic mass is 10.2. The Morgan fingerprint density at radius 3 is 2.89 bits per heavy atom. The number of aromatic nitrogens is 1. The van der Waals surface area contributed by atoms with Gasteiger partial charge < -0.3 is 10.1 Å². The van der Waals surface area contributed by atoms with Gasteiger partial charge in [0.25, 0.3) is 5.91 Å². The monoisotopic (exact) mass is 340 g/mol. The highest BCUT2D eigenvalue weighted by atomic mass is 79.9. The molecule has 0 fully saturated rings. The molecule has 0 bridgehead atoms. The number of halogens is 2. The zero-order valence-electron chi connectivity index (χ0n) is 9.98. The van der Waals surface area contributed by atoms with Gasteiger partial charge in [-0.2, -0.15) is 0 Å². The minimum Gasteiger partial charge on any atom is -0.493 e. The summed E-state index contributed by atoms with van der Waals surface area (Å²) < 4.78 is 5.92. The van der Waals surface area contributed by atoms with Crippen molar-refractivity contribution < 1.29 is 9.53 Å². The molecule has 0 aliphatic heterocycles. The molecule has 1 N–H and O–H groups in total. The average molecular weight is 342 g/mol. The van der Waals surface area contributed by atoms with Crippen molar-refractivity contribution in [1.29, 1.82) is 0 Å². The van der Waals surface area contributed by atoms with Crippen LogP contribution in [0.5, 0.6) is 5.75 Å². The lowest BCUT2D eigenvalue weighted by molar-refractivity contribution is 0.102. The largest absolute Gasteiger partial charge is 0.493 e. The molecule has 0 spiro atoms. The van der Waals surface area contributed by atoms with Gasteiger partial charge in [0.05, 0.1) is 17.7 Å². The van der Waals surface area contributed by atoms with Gasteiger partial charge in [-0.3, -0.25) is 4.79 Å². The number of anilines is 1. The summed E-state index contributed by atoms with van der Waals surface area (Å²) in [5.74, 6) is 0.507. The summed E-state index contributed by atoms with van der Waals surface area (Å²) in [4.78, 5) is 16.2. The molecular formula is C13H10BrClN2O2. The molecule has 0 atom stereocenters. The normalized spacial score (nSPS) is 10.1. The minimum atomic E-state index is -0.338. The van der Waals surface area contributed by atoms with Crippen molar-refractivity contribution in [3.05, 3.63) is 51.6 Å². The van der Waals surface area contributed by atoms with Gasteiger partial charge in [-0.15, -0.1) is 0 Å². The molecule has 0 unspecified atom stereocenters. The van der Waals surface area contributed by atoms with Crippen LogP contribution in [0, 0.1) is 0 Å². The third kappa shape index (κ3) is 3.24. The molecule has 0 saturated carbocycles. The number of hydrogen-bond donors (Lipinski definition) is 1.